The summed E-state index contributed by atoms with van der Waals surface area (Å²) in [7, 11) is 0. The summed E-state index contributed by atoms with van der Waals surface area (Å²) in [6, 6.07) is 5.71. The third kappa shape index (κ3) is 1.81. The lowest BCUT2D eigenvalue weighted by atomic mass is 10.4. The number of rotatable bonds is 2. The van der Waals surface area contributed by atoms with Gasteiger partial charge in [-0.1, -0.05) is 6.07 Å². The van der Waals surface area contributed by atoms with Gasteiger partial charge >= 0.3 is 0 Å². The Kier molecular flexibility index (Phi) is 2.57. The van der Waals surface area contributed by atoms with Gasteiger partial charge in [0.15, 0.2) is 11.3 Å². The molecule has 4 aromatic rings. The molecule has 0 aliphatic rings. The van der Waals surface area contributed by atoms with Gasteiger partial charge in [0.25, 0.3) is 0 Å². The number of hydrogen-bond acceptors (Lipinski definition) is 6. The van der Waals surface area contributed by atoms with Crippen molar-refractivity contribution in [2.24, 2.45) is 0 Å². The molecule has 0 unspecified atom stereocenters. The van der Waals surface area contributed by atoms with E-state index in [4.69, 9.17) is 11.6 Å². The number of aromatic nitrogens is 7. The van der Waals surface area contributed by atoms with Crippen LogP contribution in [0, 0.1) is 0 Å². The second-order valence-corrected chi connectivity index (χ2v) is 5.24. The van der Waals surface area contributed by atoms with Crippen molar-refractivity contribution in [1.29, 1.82) is 0 Å². The second kappa shape index (κ2) is 4.43. The average Bonchev–Trinajstić information content (AvgIpc) is 3.06. The third-order valence-corrected chi connectivity index (χ3v) is 3.85. The van der Waals surface area contributed by atoms with Crippen molar-refractivity contribution in [3.8, 4) is 0 Å². The van der Waals surface area contributed by atoms with Gasteiger partial charge in [-0.3, -0.25) is 9.50 Å². The fraction of sp³-hybridized carbons (Fsp3) is 0. The molecule has 0 aromatic carbocycles. The maximum Gasteiger partial charge on any atom is 0.225 e. The predicted octanol–water partition coefficient (Wildman–Crippen LogP) is 2.20. The van der Waals surface area contributed by atoms with E-state index in [1.807, 2.05) is 28.8 Å². The lowest BCUT2D eigenvalue weighted by molar-refractivity contribution is 0.917. The van der Waals surface area contributed by atoms with E-state index in [-0.39, 0.29) is 5.28 Å². The van der Waals surface area contributed by atoms with Gasteiger partial charge in [0.1, 0.15) is 5.03 Å². The van der Waals surface area contributed by atoms with Crippen molar-refractivity contribution >= 4 is 40.0 Å². The van der Waals surface area contributed by atoms with Gasteiger partial charge in [-0.05, 0) is 35.5 Å². The Balaban J connectivity index is 1.86. The summed E-state index contributed by atoms with van der Waals surface area (Å²) in [4.78, 5) is 8.30. The number of nitrogens with one attached hydrogen (secondary N) is 1. The van der Waals surface area contributed by atoms with Crippen LogP contribution in [0.3, 0.4) is 0 Å². The van der Waals surface area contributed by atoms with Crippen LogP contribution < -0.4 is 0 Å². The fourth-order valence-electron chi connectivity index (χ4n) is 1.84. The molecular weight excluding hydrogens is 298 g/mol. The van der Waals surface area contributed by atoms with Crippen molar-refractivity contribution in [3.63, 3.8) is 0 Å². The maximum atomic E-state index is 5.91. The highest BCUT2D eigenvalue weighted by Crippen LogP contribution is 2.30. The van der Waals surface area contributed by atoms with Crippen LogP contribution in [-0.2, 0) is 0 Å². The molecule has 0 aliphatic heterocycles. The van der Waals surface area contributed by atoms with Gasteiger partial charge in [0, 0.05) is 6.20 Å². The lowest BCUT2D eigenvalue weighted by Gasteiger charge is -2.01. The minimum atomic E-state index is 0.165. The summed E-state index contributed by atoms with van der Waals surface area (Å²) in [5, 5.41) is 17.3. The van der Waals surface area contributed by atoms with Crippen molar-refractivity contribution in [2.75, 3.05) is 0 Å². The van der Waals surface area contributed by atoms with Gasteiger partial charge in [-0.2, -0.15) is 10.1 Å². The Morgan fingerprint density at radius 3 is 3.10 bits per heavy atom. The van der Waals surface area contributed by atoms with E-state index in [2.05, 4.69) is 30.4 Å². The van der Waals surface area contributed by atoms with E-state index in [0.717, 1.165) is 11.0 Å². The first-order valence-corrected chi connectivity index (χ1v) is 6.85. The molecule has 98 valence electrons. The van der Waals surface area contributed by atoms with Gasteiger partial charge in [0.05, 0.1) is 11.6 Å². The van der Waals surface area contributed by atoms with E-state index < -0.39 is 0 Å². The van der Waals surface area contributed by atoms with Crippen molar-refractivity contribution in [2.45, 2.75) is 10.2 Å². The number of pyridine rings is 1. The molecule has 4 rings (SSSR count). The molecule has 7 nitrogen and oxygen atoms in total. The molecule has 0 amide bonds. The third-order valence-electron chi connectivity index (χ3n) is 2.72. The smallest absolute Gasteiger partial charge is 0.225 e. The zero-order chi connectivity index (χ0) is 13.5. The molecule has 20 heavy (non-hydrogen) atoms. The first kappa shape index (κ1) is 11.6. The molecule has 0 saturated carbocycles. The maximum absolute atomic E-state index is 5.91. The number of hydrogen-bond donors (Lipinski definition) is 1. The first-order chi connectivity index (χ1) is 9.81. The van der Waals surface area contributed by atoms with Crippen LogP contribution in [0.25, 0.3) is 16.7 Å². The molecule has 0 fully saturated rings. The molecule has 0 spiro atoms. The molecule has 4 aromatic heterocycles. The number of aromatic amines is 1. The van der Waals surface area contributed by atoms with Crippen molar-refractivity contribution < 1.29 is 0 Å². The summed E-state index contributed by atoms with van der Waals surface area (Å²) < 4.78 is 1.88. The largest absolute Gasteiger partial charge is 0.277 e. The van der Waals surface area contributed by atoms with Crippen LogP contribution >= 0.6 is 23.4 Å². The quantitative estimate of drug-likeness (QED) is 0.451. The van der Waals surface area contributed by atoms with E-state index in [1.165, 1.54) is 11.8 Å². The van der Waals surface area contributed by atoms with E-state index in [0.29, 0.717) is 15.8 Å². The minimum Gasteiger partial charge on any atom is -0.277 e. The summed E-state index contributed by atoms with van der Waals surface area (Å²) in [6.07, 6.45) is 3.56. The Hall–Kier alpha value is -2.19. The number of H-pyrrole nitrogens is 1. The van der Waals surface area contributed by atoms with Gasteiger partial charge in [-0.15, -0.1) is 10.2 Å². The van der Waals surface area contributed by atoms with Crippen LogP contribution in [0.1, 0.15) is 0 Å². The highest BCUT2D eigenvalue weighted by Gasteiger charge is 2.13. The molecular formula is C11H6ClN7S. The van der Waals surface area contributed by atoms with Gasteiger partial charge < -0.3 is 0 Å². The molecule has 0 aliphatic carbocycles. The number of halogens is 1. The first-order valence-electron chi connectivity index (χ1n) is 5.65. The summed E-state index contributed by atoms with van der Waals surface area (Å²) >= 11 is 7.28. The SMILES string of the molecule is Clc1nc(Sc2nnc3ccccn23)c2cn[nH]c2n1. The Labute approximate surface area is 121 Å². The fourth-order valence-corrected chi connectivity index (χ4v) is 2.95. The molecule has 0 saturated heterocycles. The van der Waals surface area contributed by atoms with Crippen molar-refractivity contribution in [3.05, 3.63) is 35.9 Å². The zero-order valence-electron chi connectivity index (χ0n) is 9.86. The standard InChI is InChI=1S/C11H6ClN7S/c12-10-14-8-6(5-13-17-8)9(15-10)20-11-18-16-7-3-1-2-4-19(7)11/h1-5H,(H,13,14,15,17). The summed E-state index contributed by atoms with van der Waals surface area (Å²) in [5.74, 6) is 0. The highest BCUT2D eigenvalue weighted by molar-refractivity contribution is 7.99. The normalized spacial score (nSPS) is 11.4. The Morgan fingerprint density at radius 1 is 1.20 bits per heavy atom. The monoisotopic (exact) mass is 303 g/mol. The van der Waals surface area contributed by atoms with E-state index >= 15 is 0 Å². The van der Waals surface area contributed by atoms with Crippen molar-refractivity contribution in [1.82, 2.24) is 34.8 Å². The van der Waals surface area contributed by atoms with Crippen LogP contribution in [0.4, 0.5) is 0 Å². The Bertz CT molecular complexity index is 915. The topological polar surface area (TPSA) is 84.6 Å². The summed E-state index contributed by atoms with van der Waals surface area (Å²) in [5.41, 5.74) is 1.37. The number of nitrogens with zero attached hydrogens (tertiary/aromatic N) is 6. The Morgan fingerprint density at radius 2 is 2.15 bits per heavy atom. The van der Waals surface area contributed by atoms with E-state index in [1.54, 1.807) is 6.20 Å². The van der Waals surface area contributed by atoms with Crippen LogP contribution in [0.2, 0.25) is 5.28 Å². The number of fused-ring (bicyclic) bond motifs is 2. The second-order valence-electron chi connectivity index (χ2n) is 3.94. The van der Waals surface area contributed by atoms with E-state index in [9.17, 15) is 0 Å². The predicted molar refractivity (Wildman–Crippen MR) is 73.8 cm³/mol. The summed E-state index contributed by atoms with van der Waals surface area (Å²) in [6.45, 7) is 0. The van der Waals surface area contributed by atoms with Crippen LogP contribution in [0.5, 0.6) is 0 Å². The molecule has 0 radical (unpaired) electrons. The highest BCUT2D eigenvalue weighted by atomic mass is 35.5. The van der Waals surface area contributed by atoms with Crippen LogP contribution in [-0.4, -0.2) is 34.8 Å². The van der Waals surface area contributed by atoms with Crippen LogP contribution in [0.15, 0.2) is 40.8 Å². The molecule has 1 N–H and O–H groups in total. The molecule has 4 heterocycles. The van der Waals surface area contributed by atoms with Gasteiger partial charge in [0.2, 0.25) is 10.4 Å². The van der Waals surface area contributed by atoms with Gasteiger partial charge in [-0.25, -0.2) is 4.98 Å². The zero-order valence-corrected chi connectivity index (χ0v) is 11.4. The molecule has 9 heteroatoms. The lowest BCUT2D eigenvalue weighted by Crippen LogP contribution is -1.90. The molecule has 0 atom stereocenters. The average molecular weight is 304 g/mol. The molecule has 0 bridgehead atoms. The minimum absolute atomic E-state index is 0.165.